The van der Waals surface area contributed by atoms with Crippen LogP contribution in [0.15, 0.2) is 73.3 Å². The fourth-order valence-corrected chi connectivity index (χ4v) is 4.13. The molecule has 0 aliphatic carbocycles. The van der Waals surface area contributed by atoms with Gasteiger partial charge < -0.3 is 14.9 Å². The molecule has 0 atom stereocenters. The van der Waals surface area contributed by atoms with Gasteiger partial charge in [0, 0.05) is 35.9 Å². The average Bonchev–Trinajstić information content (AvgIpc) is 3.52. The number of halogens is 3. The number of nitrogens with zero attached hydrogens (tertiary/aromatic N) is 7. The lowest BCUT2D eigenvalue weighted by molar-refractivity contribution is -0.0506. The second kappa shape index (κ2) is 8.90. The average molecular weight is 502 g/mol. The van der Waals surface area contributed by atoms with E-state index in [1.165, 1.54) is 35.0 Å². The summed E-state index contributed by atoms with van der Waals surface area (Å²) in [6.45, 7) is -3.00. The van der Waals surface area contributed by atoms with Crippen LogP contribution < -0.4 is 10.5 Å². The number of nitrogens with two attached hydrogens (primary N) is 1. The molecular formula is C25H17F3N8O. The summed E-state index contributed by atoms with van der Waals surface area (Å²) in [6, 6.07) is 12.5. The van der Waals surface area contributed by atoms with Crippen LogP contribution in [0.1, 0.15) is 11.5 Å². The van der Waals surface area contributed by atoms with Gasteiger partial charge in [-0.25, -0.2) is 19.3 Å². The zero-order valence-electron chi connectivity index (χ0n) is 19.0. The van der Waals surface area contributed by atoms with E-state index in [1.54, 1.807) is 24.5 Å². The summed E-state index contributed by atoms with van der Waals surface area (Å²) in [7, 11) is 0. The topological polar surface area (TPSA) is 109 Å². The molecule has 0 saturated heterocycles. The van der Waals surface area contributed by atoms with Crippen molar-refractivity contribution in [3.63, 3.8) is 0 Å². The smallest absolute Gasteiger partial charge is 0.387 e. The maximum Gasteiger partial charge on any atom is 0.387 e. The van der Waals surface area contributed by atoms with Crippen LogP contribution in [0.25, 0.3) is 33.7 Å². The minimum Gasteiger partial charge on any atom is -0.433 e. The molecule has 37 heavy (non-hydrogen) atoms. The molecule has 0 bridgehead atoms. The van der Waals surface area contributed by atoms with Gasteiger partial charge in [0.1, 0.15) is 17.2 Å². The van der Waals surface area contributed by atoms with Crippen molar-refractivity contribution in [2.45, 2.75) is 13.0 Å². The van der Waals surface area contributed by atoms with Gasteiger partial charge in [-0.1, -0.05) is 0 Å². The Balaban J connectivity index is 1.55. The molecule has 12 heteroatoms. The lowest BCUT2D eigenvalue weighted by Crippen LogP contribution is -2.07. The van der Waals surface area contributed by atoms with Gasteiger partial charge in [0.25, 0.3) is 0 Å². The van der Waals surface area contributed by atoms with Gasteiger partial charge >= 0.3 is 6.61 Å². The molecule has 6 rings (SSSR count). The zero-order chi connectivity index (χ0) is 25.5. The summed E-state index contributed by atoms with van der Waals surface area (Å²) in [5.41, 5.74) is 10.1. The van der Waals surface area contributed by atoms with Gasteiger partial charge in [-0.2, -0.15) is 13.3 Å². The first-order valence-corrected chi connectivity index (χ1v) is 11.1. The Bertz CT molecular complexity index is 1750. The molecule has 1 aromatic carbocycles. The number of anilines is 1. The van der Waals surface area contributed by atoms with E-state index in [2.05, 4.69) is 29.8 Å². The van der Waals surface area contributed by atoms with Crippen molar-refractivity contribution in [2.24, 2.45) is 0 Å². The standard InChI is InChI=1S/C25H17F3N8O/c26-16-6-3-14(4-7-16)22-21(15-5-8-20-31-10-11-35(20)13-15)23-32-19(34-36(23)25(29)33-22)12-17-18(37-24(27)28)2-1-9-30-17/h1-11,13,24H,12H2,(H2,29,33). The van der Waals surface area contributed by atoms with Crippen LogP contribution in [0.3, 0.4) is 0 Å². The van der Waals surface area contributed by atoms with Crippen LogP contribution in [0.4, 0.5) is 19.1 Å². The maximum absolute atomic E-state index is 13.7. The third-order valence-corrected chi connectivity index (χ3v) is 5.74. The summed E-state index contributed by atoms with van der Waals surface area (Å²) in [5, 5.41) is 4.47. The van der Waals surface area contributed by atoms with Crippen LogP contribution in [-0.4, -0.2) is 40.6 Å². The molecule has 0 saturated carbocycles. The highest BCUT2D eigenvalue weighted by atomic mass is 19.3. The quantitative estimate of drug-likeness (QED) is 0.359. The SMILES string of the molecule is Nc1nc(-c2ccc(F)cc2)c(-c2ccc3nccn3c2)c2nc(Cc3ncccc3OC(F)F)nn12. The predicted molar refractivity (Wildman–Crippen MR) is 128 cm³/mol. The molecule has 9 nitrogen and oxygen atoms in total. The van der Waals surface area contributed by atoms with Gasteiger partial charge in [0.2, 0.25) is 5.95 Å². The van der Waals surface area contributed by atoms with Crippen LogP contribution >= 0.6 is 0 Å². The molecule has 0 fully saturated rings. The van der Waals surface area contributed by atoms with E-state index in [0.717, 1.165) is 11.2 Å². The summed E-state index contributed by atoms with van der Waals surface area (Å²) in [5.74, 6) is -0.139. The number of alkyl halides is 2. The number of aromatic nitrogens is 7. The number of fused-ring (bicyclic) bond motifs is 2. The molecule has 0 spiro atoms. The molecule has 6 aromatic rings. The van der Waals surface area contributed by atoms with E-state index in [0.29, 0.717) is 22.5 Å². The Morgan fingerprint density at radius 2 is 1.76 bits per heavy atom. The van der Waals surface area contributed by atoms with Gasteiger partial charge in [0.05, 0.1) is 23.4 Å². The molecule has 0 aliphatic rings. The van der Waals surface area contributed by atoms with Crippen LogP contribution in [0.5, 0.6) is 5.75 Å². The van der Waals surface area contributed by atoms with Crippen molar-refractivity contribution in [1.82, 2.24) is 34.0 Å². The number of imidazole rings is 1. The first-order chi connectivity index (χ1) is 18.0. The Kier molecular flexibility index (Phi) is 5.40. The minimum absolute atomic E-state index is 0.00981. The summed E-state index contributed by atoms with van der Waals surface area (Å²) in [4.78, 5) is 17.7. The highest BCUT2D eigenvalue weighted by molar-refractivity contribution is 5.90. The van der Waals surface area contributed by atoms with Gasteiger partial charge in [0.15, 0.2) is 11.5 Å². The minimum atomic E-state index is -3.00. The number of ether oxygens (including phenoxy) is 1. The molecule has 5 aromatic heterocycles. The molecule has 0 unspecified atom stereocenters. The van der Waals surface area contributed by atoms with Crippen molar-refractivity contribution in [2.75, 3.05) is 5.73 Å². The number of rotatable bonds is 6. The molecule has 2 N–H and O–H groups in total. The number of pyridine rings is 2. The van der Waals surface area contributed by atoms with Crippen molar-refractivity contribution < 1.29 is 17.9 Å². The lowest BCUT2D eigenvalue weighted by Gasteiger charge is -2.12. The normalized spacial score (nSPS) is 11.6. The zero-order valence-corrected chi connectivity index (χ0v) is 19.0. The van der Waals surface area contributed by atoms with E-state index in [4.69, 9.17) is 5.73 Å². The van der Waals surface area contributed by atoms with E-state index >= 15 is 0 Å². The largest absolute Gasteiger partial charge is 0.433 e. The second-order valence-electron chi connectivity index (χ2n) is 8.08. The predicted octanol–water partition coefficient (Wildman–Crippen LogP) is 4.41. The van der Waals surface area contributed by atoms with Crippen molar-refractivity contribution in [1.29, 1.82) is 0 Å². The van der Waals surface area contributed by atoms with Crippen molar-refractivity contribution >= 4 is 17.2 Å². The van der Waals surface area contributed by atoms with E-state index < -0.39 is 6.61 Å². The highest BCUT2D eigenvalue weighted by Gasteiger charge is 2.22. The van der Waals surface area contributed by atoms with Crippen molar-refractivity contribution in [3.8, 4) is 28.1 Å². The molecule has 0 aliphatic heterocycles. The third-order valence-electron chi connectivity index (χ3n) is 5.74. The van der Waals surface area contributed by atoms with Crippen LogP contribution in [0, 0.1) is 5.82 Å². The van der Waals surface area contributed by atoms with Gasteiger partial charge in [-0.15, -0.1) is 5.10 Å². The van der Waals surface area contributed by atoms with Crippen molar-refractivity contribution in [3.05, 3.63) is 90.7 Å². The first kappa shape index (κ1) is 22.5. The number of hydrogen-bond donors (Lipinski definition) is 1. The number of hydrogen-bond acceptors (Lipinski definition) is 7. The fourth-order valence-electron chi connectivity index (χ4n) is 4.13. The van der Waals surface area contributed by atoms with Gasteiger partial charge in [-0.05, 0) is 48.5 Å². The monoisotopic (exact) mass is 502 g/mol. The van der Waals surface area contributed by atoms with E-state index in [9.17, 15) is 13.2 Å². The lowest BCUT2D eigenvalue weighted by atomic mass is 10.0. The van der Waals surface area contributed by atoms with E-state index in [-0.39, 0.29) is 35.5 Å². The molecule has 0 amide bonds. The Hall–Kier alpha value is -5.00. The Labute approximate surface area is 207 Å². The summed E-state index contributed by atoms with van der Waals surface area (Å²) < 4.78 is 47.2. The molecular weight excluding hydrogens is 485 g/mol. The Morgan fingerprint density at radius 3 is 2.57 bits per heavy atom. The second-order valence-corrected chi connectivity index (χ2v) is 8.08. The maximum atomic E-state index is 13.7. The third kappa shape index (κ3) is 4.18. The summed E-state index contributed by atoms with van der Waals surface area (Å²) in [6.07, 6.45) is 6.83. The molecule has 0 radical (unpaired) electrons. The Morgan fingerprint density at radius 1 is 0.946 bits per heavy atom. The van der Waals surface area contributed by atoms with Crippen LogP contribution in [-0.2, 0) is 6.42 Å². The molecule has 5 heterocycles. The highest BCUT2D eigenvalue weighted by Crippen LogP contribution is 2.35. The number of nitrogen functional groups attached to an aromatic ring is 1. The summed E-state index contributed by atoms with van der Waals surface area (Å²) >= 11 is 0. The number of benzene rings is 1. The van der Waals surface area contributed by atoms with E-state index in [1.807, 2.05) is 22.7 Å². The first-order valence-electron chi connectivity index (χ1n) is 11.1. The van der Waals surface area contributed by atoms with Gasteiger partial charge in [-0.3, -0.25) is 4.98 Å². The fraction of sp³-hybridized carbons (Fsp3) is 0.0800. The van der Waals surface area contributed by atoms with Crippen LogP contribution in [0.2, 0.25) is 0 Å². The molecule has 184 valence electrons.